The van der Waals surface area contributed by atoms with Crippen LogP contribution in [0.5, 0.6) is 0 Å². The number of aliphatic hydroxyl groups excluding tert-OH is 13. The summed E-state index contributed by atoms with van der Waals surface area (Å²) in [5, 5.41) is 154. The standard InChI is InChI=1S/C52H82O24/c1-20-30(58)38(73-41-35(63)31(59)24(55)18-69-41)37(65)43(71-20)74-39-32(60)25(56)19-70-44(39)76-46(68)52-13-12-47(2,3)14-22(52)21-8-9-27-48(4)15-23(54)40(75-42-36(64)34(62)33(61)26(17-53)72-42)51(7,45(66)67)28(48)10-11-49(27,5)50(21,6)16-29(52)57/h8,20,22-44,53-65H,9-19H2,1-7H3,(H,66,67)/t20-,22-,23-,24-,25-,26+,27+,28+,29-,30-,31-,32-,33+,34-,35+,36+,37+,38+,39+,40-,41-,42-,43-,44-,48+,49+,50+,51-,52+/m0/s1. The fraction of sp³-hybridized carbons (Fsp3) is 0.923. The first-order valence-corrected chi connectivity index (χ1v) is 26.9. The SMILES string of the molecule is C[C@@H]1O[C@@H](O[C@H]2[C@H](OC(=O)[C@]34CCC(C)(C)C[C@H]3C3=CC[C@@H]5[C@@]6(C)C[C@H](O)[C@H](O[C@@H]7O[C@H](CO)[C@@H](O)[C@H](O)[C@H]7O)[C@@](C)(C(=O)O)[C@@H]6CC[C@@]5(C)[C@]3(C)C[C@@H]4O)OC[C@H](O)[C@@H]2O)[C@H](O)[C@H](O[C@@H]2OC[C@H](O)[C@H](O)[C@H]2O)[C@H]1O. The van der Waals surface area contributed by atoms with Gasteiger partial charge >= 0.3 is 11.9 Å². The normalized spacial score (nSPS) is 55.2. The number of hydrogen-bond acceptors (Lipinski definition) is 23. The molecule has 4 heterocycles. The Kier molecular flexibility index (Phi) is 15.9. The van der Waals surface area contributed by atoms with Gasteiger partial charge in [-0.3, -0.25) is 9.59 Å². The highest BCUT2D eigenvalue weighted by molar-refractivity contribution is 5.80. The second-order valence-corrected chi connectivity index (χ2v) is 25.4. The number of aliphatic hydroxyl groups is 13. The number of carbonyl (C=O) groups is 2. The van der Waals surface area contributed by atoms with Crippen molar-refractivity contribution >= 4 is 11.9 Å². The highest BCUT2D eigenvalue weighted by Crippen LogP contribution is 2.76. The smallest absolute Gasteiger partial charge is 0.317 e. The first kappa shape index (κ1) is 58.5. The van der Waals surface area contributed by atoms with Crippen molar-refractivity contribution in [3.05, 3.63) is 11.6 Å². The van der Waals surface area contributed by atoms with Gasteiger partial charge in [0.25, 0.3) is 0 Å². The van der Waals surface area contributed by atoms with E-state index in [1.807, 2.05) is 6.92 Å². The van der Waals surface area contributed by atoms with Crippen LogP contribution >= 0.6 is 0 Å². The molecule has 0 amide bonds. The minimum Gasteiger partial charge on any atom is -0.481 e. The zero-order chi connectivity index (χ0) is 55.7. The summed E-state index contributed by atoms with van der Waals surface area (Å²) >= 11 is 0. The number of fused-ring (bicyclic) bond motifs is 7. The molecule has 24 heteroatoms. The Balaban J connectivity index is 0.987. The molecule has 9 rings (SSSR count). The third-order valence-electron chi connectivity index (χ3n) is 20.7. The lowest BCUT2D eigenvalue weighted by molar-refractivity contribution is -0.370. The van der Waals surface area contributed by atoms with Crippen molar-refractivity contribution in [1.29, 1.82) is 0 Å². The monoisotopic (exact) mass is 1090 g/mol. The van der Waals surface area contributed by atoms with E-state index in [-0.39, 0.29) is 30.6 Å². The molecule has 0 unspecified atom stereocenters. The van der Waals surface area contributed by atoms with Gasteiger partial charge in [0.05, 0.1) is 43.5 Å². The molecule has 76 heavy (non-hydrogen) atoms. The van der Waals surface area contributed by atoms with Gasteiger partial charge in [0, 0.05) is 0 Å². The second kappa shape index (κ2) is 20.7. The maximum Gasteiger partial charge on any atom is 0.317 e. The molecule has 0 aromatic carbocycles. The molecule has 4 saturated carbocycles. The molecule has 4 saturated heterocycles. The van der Waals surface area contributed by atoms with Gasteiger partial charge in [-0.2, -0.15) is 0 Å². The van der Waals surface area contributed by atoms with Crippen LogP contribution in [-0.4, -0.2) is 232 Å². The number of allylic oxidation sites excluding steroid dienone is 2. The molecule has 29 atom stereocenters. The van der Waals surface area contributed by atoms with Crippen LogP contribution in [0, 0.1) is 50.2 Å². The number of carboxylic acid groups (broad SMARTS) is 1. The molecule has 434 valence electrons. The van der Waals surface area contributed by atoms with Crippen LogP contribution < -0.4 is 0 Å². The Hall–Kier alpha value is -2.12. The van der Waals surface area contributed by atoms with E-state index in [9.17, 15) is 76.3 Å². The van der Waals surface area contributed by atoms with Crippen molar-refractivity contribution < 1.29 is 119 Å². The highest BCUT2D eigenvalue weighted by Gasteiger charge is 2.74. The Morgan fingerprint density at radius 1 is 0.632 bits per heavy atom. The Bertz CT molecular complexity index is 2170. The molecule has 5 aliphatic carbocycles. The summed E-state index contributed by atoms with van der Waals surface area (Å²) in [7, 11) is 0. The van der Waals surface area contributed by atoms with Gasteiger partial charge in [-0.15, -0.1) is 0 Å². The van der Waals surface area contributed by atoms with E-state index in [1.165, 1.54) is 13.8 Å². The van der Waals surface area contributed by atoms with Crippen molar-refractivity contribution in [2.45, 2.75) is 229 Å². The molecule has 14 N–H and O–H groups in total. The lowest BCUT2D eigenvalue weighted by atomic mass is 9.33. The zero-order valence-electron chi connectivity index (χ0n) is 44.1. The molecule has 0 aromatic heterocycles. The summed E-state index contributed by atoms with van der Waals surface area (Å²) in [4.78, 5) is 29.1. The third kappa shape index (κ3) is 9.04. The Labute approximate surface area is 440 Å². The van der Waals surface area contributed by atoms with Gasteiger partial charge in [0.1, 0.15) is 84.8 Å². The van der Waals surface area contributed by atoms with Crippen LogP contribution in [0.25, 0.3) is 0 Å². The lowest BCUT2D eigenvalue weighted by Gasteiger charge is -2.71. The van der Waals surface area contributed by atoms with Crippen molar-refractivity contribution in [2.24, 2.45) is 50.2 Å². The maximum absolute atomic E-state index is 15.3. The molecule has 0 aromatic rings. The van der Waals surface area contributed by atoms with Crippen molar-refractivity contribution in [2.75, 3.05) is 19.8 Å². The summed E-state index contributed by atoms with van der Waals surface area (Å²) in [6.07, 6.45) is -29.3. The fourth-order valence-corrected chi connectivity index (χ4v) is 16.0. The molecule has 4 aliphatic heterocycles. The van der Waals surface area contributed by atoms with E-state index in [4.69, 9.17) is 37.9 Å². The summed E-state index contributed by atoms with van der Waals surface area (Å²) in [5.74, 6) is -3.65. The van der Waals surface area contributed by atoms with Gasteiger partial charge < -0.3 is 109 Å². The number of esters is 1. The van der Waals surface area contributed by atoms with Crippen LogP contribution in [0.2, 0.25) is 0 Å². The zero-order valence-corrected chi connectivity index (χ0v) is 44.1. The minimum absolute atomic E-state index is 0.0614. The highest BCUT2D eigenvalue weighted by atomic mass is 16.8. The van der Waals surface area contributed by atoms with Gasteiger partial charge in [-0.25, -0.2) is 0 Å². The first-order valence-electron chi connectivity index (χ1n) is 26.9. The topological polar surface area (TPSA) is 391 Å². The number of rotatable bonds is 10. The summed E-state index contributed by atoms with van der Waals surface area (Å²) in [6, 6.07) is 0. The third-order valence-corrected chi connectivity index (χ3v) is 20.7. The van der Waals surface area contributed by atoms with E-state index in [2.05, 4.69) is 33.8 Å². The Morgan fingerprint density at radius 3 is 1.91 bits per heavy atom. The van der Waals surface area contributed by atoms with E-state index < -0.39 is 200 Å². The number of ether oxygens (including phenoxy) is 8. The quantitative estimate of drug-likeness (QED) is 0.0600. The van der Waals surface area contributed by atoms with Crippen LogP contribution in [0.1, 0.15) is 99.8 Å². The van der Waals surface area contributed by atoms with Crippen LogP contribution in [-0.2, 0) is 47.5 Å². The molecule has 0 radical (unpaired) electrons. The van der Waals surface area contributed by atoms with Crippen molar-refractivity contribution in [1.82, 2.24) is 0 Å². The minimum atomic E-state index is -1.89. The number of hydrogen-bond donors (Lipinski definition) is 14. The number of carboxylic acids is 1. The largest absolute Gasteiger partial charge is 0.481 e. The van der Waals surface area contributed by atoms with E-state index in [0.29, 0.717) is 32.1 Å². The summed E-state index contributed by atoms with van der Waals surface area (Å²) < 4.78 is 46.9. The fourth-order valence-electron chi connectivity index (χ4n) is 16.0. The average molecular weight is 1090 g/mol. The van der Waals surface area contributed by atoms with E-state index in [0.717, 1.165) is 5.57 Å². The second-order valence-electron chi connectivity index (χ2n) is 25.4. The Morgan fingerprint density at radius 2 is 1.25 bits per heavy atom. The molecular formula is C52H82O24. The maximum atomic E-state index is 15.3. The number of carbonyl (C=O) groups excluding carboxylic acids is 1. The average Bonchev–Trinajstić information content (AvgIpc) is 3.55. The summed E-state index contributed by atoms with van der Waals surface area (Å²) in [6.45, 7) is 11.6. The predicted octanol–water partition coefficient (Wildman–Crippen LogP) is -2.72. The lowest BCUT2D eigenvalue weighted by Crippen LogP contribution is -2.71. The van der Waals surface area contributed by atoms with Crippen LogP contribution in [0.3, 0.4) is 0 Å². The van der Waals surface area contributed by atoms with Gasteiger partial charge in [0.2, 0.25) is 6.29 Å². The van der Waals surface area contributed by atoms with E-state index in [1.54, 1.807) is 0 Å². The molecule has 0 bridgehead atoms. The van der Waals surface area contributed by atoms with Gasteiger partial charge in [0.15, 0.2) is 25.0 Å². The van der Waals surface area contributed by atoms with Crippen LogP contribution in [0.15, 0.2) is 11.6 Å². The van der Waals surface area contributed by atoms with Crippen molar-refractivity contribution in [3.63, 3.8) is 0 Å². The predicted molar refractivity (Wildman–Crippen MR) is 254 cm³/mol. The molecular weight excluding hydrogens is 1010 g/mol. The molecule has 9 aliphatic rings. The van der Waals surface area contributed by atoms with Crippen molar-refractivity contribution in [3.8, 4) is 0 Å². The molecule has 0 spiro atoms. The van der Waals surface area contributed by atoms with Gasteiger partial charge in [-0.05, 0) is 105 Å². The number of aliphatic carboxylic acids is 1. The van der Waals surface area contributed by atoms with E-state index >= 15 is 4.79 Å². The molecule has 24 nitrogen and oxygen atoms in total. The first-order chi connectivity index (χ1) is 35.4. The molecule has 8 fully saturated rings. The van der Waals surface area contributed by atoms with Crippen LogP contribution in [0.4, 0.5) is 0 Å². The van der Waals surface area contributed by atoms with Gasteiger partial charge in [-0.1, -0.05) is 46.3 Å². The summed E-state index contributed by atoms with van der Waals surface area (Å²) in [5.41, 5.74) is -5.11.